The fraction of sp³-hybridized carbons (Fsp3) is 0.558. The van der Waals surface area contributed by atoms with Gasteiger partial charge in [0, 0.05) is 57.9 Å². The normalized spacial score (nSPS) is 14.5. The Morgan fingerprint density at radius 1 is 0.374 bits per heavy atom. The highest BCUT2D eigenvalue weighted by atomic mass is 16.5. The summed E-state index contributed by atoms with van der Waals surface area (Å²) in [6.07, 6.45) is 10.5. The van der Waals surface area contributed by atoms with E-state index in [0.717, 1.165) is 78.6 Å². The molecule has 8 amide bonds. The lowest BCUT2D eigenvalue weighted by Gasteiger charge is -2.27. The number of carbonyl (C=O) groups excluding carboxylic acids is 8. The van der Waals surface area contributed by atoms with E-state index in [9.17, 15) is 38.4 Å². The van der Waals surface area contributed by atoms with Crippen molar-refractivity contribution in [2.24, 2.45) is 104 Å². The molecule has 0 bridgehead atoms. The number of nitrogens with two attached hydrogens (primary N) is 13. The molecule has 0 spiro atoms. The van der Waals surface area contributed by atoms with Crippen LogP contribution in [0.4, 0.5) is 0 Å². The zero-order valence-electron chi connectivity index (χ0n) is 66.5. The molecule has 5 rings (SSSR count). The molecule has 0 unspecified atom stereocenters. The lowest BCUT2D eigenvalue weighted by atomic mass is 9.87. The van der Waals surface area contributed by atoms with Gasteiger partial charge >= 0.3 is 0 Å². The Bertz CT molecular complexity index is 3690. The Balaban J connectivity index is 1.41. The fourth-order valence-electron chi connectivity index (χ4n) is 13.1. The third-order valence-corrected chi connectivity index (χ3v) is 19.1. The number of hydrogen-bond donors (Lipinski definition) is 20. The first kappa shape index (κ1) is 93.9. The Kier molecular flexibility index (Phi) is 42.9. The smallest absolute Gasteiger partial charge is 0.251 e. The van der Waals surface area contributed by atoms with Crippen LogP contribution in [0.3, 0.4) is 0 Å². The van der Waals surface area contributed by atoms with Gasteiger partial charge < -0.3 is 121 Å². The maximum absolute atomic E-state index is 14.8. The van der Waals surface area contributed by atoms with Gasteiger partial charge in [0.15, 0.2) is 35.8 Å². The van der Waals surface area contributed by atoms with Crippen LogP contribution >= 0.6 is 0 Å². The molecule has 0 saturated carbocycles. The van der Waals surface area contributed by atoms with Crippen LogP contribution < -0.4 is 121 Å². The number of rotatable bonds is 51. The van der Waals surface area contributed by atoms with Crippen molar-refractivity contribution >= 4 is 94.2 Å². The summed E-state index contributed by atoms with van der Waals surface area (Å²) >= 11 is 0. The first-order valence-electron chi connectivity index (χ1n) is 39.7. The van der Waals surface area contributed by atoms with Crippen LogP contribution in [0, 0.1) is 0 Å². The lowest BCUT2D eigenvalue weighted by Crippen LogP contribution is -2.59. The number of allylic oxidation sites excluding steroid dienone is 1. The second-order valence-corrected chi connectivity index (χ2v) is 28.2. The SMILES string of the molecule is CCC(=C(c1ccc(OCCN2CCCCCC2)cc1)c1ccc(OCCN2CCCCCC2)cc1)c1cccc(C(=O)NCC(=O)N[C@@H](CCCN=C(N)N)C(=O)N[C@@H](CCCN=C(N)N)C(=O)N[C@@H](CCCN=C(N)N)C(=O)N[C@@H](CCCN=C(N)N)C(=O)N[C@@H](CCCN=C(N)N)C(=O)N[C@@H](CCCN=C(N)N)C(N)=O)c1. The van der Waals surface area contributed by atoms with E-state index in [4.69, 9.17) is 84.0 Å². The van der Waals surface area contributed by atoms with E-state index in [2.05, 4.69) is 83.9 Å². The van der Waals surface area contributed by atoms with Gasteiger partial charge in [0.2, 0.25) is 41.4 Å². The molecule has 2 saturated heterocycles. The number of nitrogens with zero attached hydrogens (tertiary/aromatic N) is 8. The Hall–Kier alpha value is -11.7. The van der Waals surface area contributed by atoms with Crippen molar-refractivity contribution in [3.8, 4) is 11.5 Å². The van der Waals surface area contributed by atoms with Crippen LogP contribution in [0.15, 0.2) is 103 Å². The molecule has 2 aliphatic rings. The van der Waals surface area contributed by atoms with E-state index in [1.165, 1.54) is 51.4 Å². The highest BCUT2D eigenvalue weighted by molar-refractivity contribution is 6.02. The summed E-state index contributed by atoms with van der Waals surface area (Å²) in [5.74, 6) is -6.57. The van der Waals surface area contributed by atoms with E-state index in [-0.39, 0.29) is 158 Å². The molecule has 33 N–H and O–H groups in total. The standard InChI is InChI=1S/C77H126N28O10/c1-2-56(64(50-26-30-54(31-27-50)114-46-44-104-40-7-3-4-8-41-104)51-28-32-55(33-29-51)115-47-45-105-42-9-5-6-10-43-105)52-18-11-19-53(48-52)66(108)97-49-63(106)98-58(21-13-35-92-73(81)82)67(109)100-60(23-15-37-94-75(85)86)69(111)102-62(25-17-39-96-77(89)90)71(113)103-61(24-16-38-95-76(87)88)70(112)101-59(22-14-36-93-74(83)84)68(110)99-57(65(78)107)20-12-34-91-72(79)80/h11,18-19,26-33,48,57-62H,2-10,12-17,20-25,34-47,49H2,1H3,(H2,78,107)(H,97,108)(H,98,106)(H,99,110)(H,100,109)(H,101,112)(H,102,111)(H,103,113)(H4,79,80,91)(H4,81,82,92)(H4,83,84,93)(H4,85,86,94)(H4,87,88,95)(H4,89,90,96)/t57-,58-,59-,60-,61-,62-/m0/s1. The second kappa shape index (κ2) is 52.6. The Morgan fingerprint density at radius 3 is 0.974 bits per heavy atom. The van der Waals surface area contributed by atoms with Gasteiger partial charge in [-0.15, -0.1) is 0 Å². The zero-order valence-corrected chi connectivity index (χ0v) is 66.5. The van der Waals surface area contributed by atoms with Gasteiger partial charge in [-0.3, -0.25) is 78.1 Å². The number of hydrogen-bond acceptors (Lipinski definition) is 18. The summed E-state index contributed by atoms with van der Waals surface area (Å²) < 4.78 is 12.6. The van der Waals surface area contributed by atoms with Gasteiger partial charge in [-0.2, -0.15) is 0 Å². The minimum Gasteiger partial charge on any atom is -0.492 e. The first-order chi connectivity index (χ1) is 55.2. The van der Waals surface area contributed by atoms with Crippen LogP contribution in [0.25, 0.3) is 11.1 Å². The van der Waals surface area contributed by atoms with Gasteiger partial charge in [0.05, 0.1) is 6.54 Å². The minimum atomic E-state index is -1.49. The predicted octanol–water partition coefficient (Wildman–Crippen LogP) is -1.99. The molecule has 3 aromatic rings. The van der Waals surface area contributed by atoms with Crippen LogP contribution in [-0.2, 0) is 33.6 Å². The highest BCUT2D eigenvalue weighted by Crippen LogP contribution is 2.36. The molecule has 0 aromatic heterocycles. The third kappa shape index (κ3) is 37.7. The largest absolute Gasteiger partial charge is 0.492 e. The number of benzene rings is 3. The average molecular weight is 1600 g/mol. The maximum Gasteiger partial charge on any atom is 0.251 e. The van der Waals surface area contributed by atoms with Crippen molar-refractivity contribution in [2.45, 2.75) is 178 Å². The molecule has 38 nitrogen and oxygen atoms in total. The average Bonchev–Trinajstić information content (AvgIpc) is 0.888. The molecule has 2 fully saturated rings. The molecule has 0 radical (unpaired) electrons. The van der Waals surface area contributed by atoms with E-state index in [1.807, 2.05) is 54.6 Å². The van der Waals surface area contributed by atoms with Gasteiger partial charge in [0.1, 0.15) is 61.0 Å². The minimum absolute atomic E-state index is 0.0116. The monoisotopic (exact) mass is 1600 g/mol. The van der Waals surface area contributed by atoms with Crippen molar-refractivity contribution in [1.29, 1.82) is 0 Å². The number of aliphatic imine (C=N–C) groups is 6. The van der Waals surface area contributed by atoms with Crippen molar-refractivity contribution in [3.63, 3.8) is 0 Å². The lowest BCUT2D eigenvalue weighted by molar-refractivity contribution is -0.135. The van der Waals surface area contributed by atoms with Crippen molar-refractivity contribution in [1.82, 2.24) is 47.0 Å². The summed E-state index contributed by atoms with van der Waals surface area (Å²) in [5, 5.41) is 18.8. The van der Waals surface area contributed by atoms with E-state index in [1.54, 1.807) is 18.2 Å². The Labute approximate surface area is 673 Å². The second-order valence-electron chi connectivity index (χ2n) is 28.2. The first-order valence-corrected chi connectivity index (χ1v) is 39.7. The van der Waals surface area contributed by atoms with Crippen molar-refractivity contribution in [2.75, 3.05) is 98.3 Å². The zero-order chi connectivity index (χ0) is 83.9. The predicted molar refractivity (Wildman–Crippen MR) is 449 cm³/mol. The fourth-order valence-corrected chi connectivity index (χ4v) is 13.1. The number of guanidine groups is 6. The third-order valence-electron chi connectivity index (χ3n) is 19.1. The highest BCUT2D eigenvalue weighted by Gasteiger charge is 2.34. The number of amides is 8. The van der Waals surface area contributed by atoms with Gasteiger partial charge in [0.25, 0.3) is 5.91 Å². The molecule has 2 heterocycles. The molecule has 38 heteroatoms. The van der Waals surface area contributed by atoms with E-state index >= 15 is 0 Å². The topological polar surface area (TPSA) is 658 Å². The molecule has 115 heavy (non-hydrogen) atoms. The summed E-state index contributed by atoms with van der Waals surface area (Å²) in [6.45, 7) is 8.70. The summed E-state index contributed by atoms with van der Waals surface area (Å²) in [6, 6.07) is 14.8. The summed E-state index contributed by atoms with van der Waals surface area (Å²) in [5.41, 5.74) is 77.5. The summed E-state index contributed by atoms with van der Waals surface area (Å²) in [7, 11) is 0. The molecule has 0 aliphatic carbocycles. The van der Waals surface area contributed by atoms with Crippen molar-refractivity contribution in [3.05, 3.63) is 95.1 Å². The molecular formula is C77H126N28O10. The molecular weight excluding hydrogens is 1480 g/mol. The Morgan fingerprint density at radius 2 is 0.670 bits per heavy atom. The van der Waals surface area contributed by atoms with Crippen LogP contribution in [0.2, 0.25) is 0 Å². The van der Waals surface area contributed by atoms with Gasteiger partial charge in [-0.25, -0.2) is 0 Å². The maximum atomic E-state index is 14.8. The molecule has 3 aromatic carbocycles. The van der Waals surface area contributed by atoms with Crippen LogP contribution in [0.5, 0.6) is 11.5 Å². The molecule has 2 aliphatic heterocycles. The molecule has 6 atom stereocenters. The van der Waals surface area contributed by atoms with Gasteiger partial charge in [-0.05, 0) is 200 Å². The number of nitrogens with one attached hydrogen (secondary N) is 7. The number of likely N-dealkylation sites (tertiary alicyclic amines) is 2. The van der Waals surface area contributed by atoms with Gasteiger partial charge in [-0.1, -0.05) is 69.0 Å². The van der Waals surface area contributed by atoms with E-state index < -0.39 is 90.1 Å². The van der Waals surface area contributed by atoms with E-state index in [0.29, 0.717) is 19.6 Å². The van der Waals surface area contributed by atoms with Crippen LogP contribution in [-0.4, -0.2) is 227 Å². The number of primary amides is 1. The number of carbonyl (C=O) groups is 8. The number of ether oxygens (including phenoxy) is 2. The van der Waals surface area contributed by atoms with Crippen LogP contribution in [0.1, 0.15) is 169 Å². The quantitative estimate of drug-likeness (QED) is 0.0126. The van der Waals surface area contributed by atoms with Crippen molar-refractivity contribution < 1.29 is 47.8 Å². The molecule has 634 valence electrons. The summed E-state index contributed by atoms with van der Waals surface area (Å²) in [4.78, 5) is 143.